The Balaban J connectivity index is 2.87. The second-order valence-corrected chi connectivity index (χ2v) is 5.06. The molecule has 0 bridgehead atoms. The van der Waals surface area contributed by atoms with Crippen LogP contribution in [0.25, 0.3) is 0 Å². The number of amides is 2. The van der Waals surface area contributed by atoms with Crippen LogP contribution in [0, 0.1) is 6.92 Å². The van der Waals surface area contributed by atoms with E-state index in [1.54, 1.807) is 18.2 Å². The van der Waals surface area contributed by atoms with Gasteiger partial charge in [0.2, 0.25) is 5.91 Å². The minimum absolute atomic E-state index is 0.0573. The molecular formula is C15H23N3O2. The Morgan fingerprint density at radius 2 is 2.00 bits per heavy atom. The third-order valence-corrected chi connectivity index (χ3v) is 3.06. The Kier molecular flexibility index (Phi) is 5.55. The van der Waals surface area contributed by atoms with Gasteiger partial charge in [-0.05, 0) is 45.4 Å². The largest absolute Gasteiger partial charge is 0.398 e. The van der Waals surface area contributed by atoms with Crippen molar-refractivity contribution < 1.29 is 9.59 Å². The molecule has 5 nitrogen and oxygen atoms in total. The molecular weight excluding hydrogens is 254 g/mol. The first-order valence-corrected chi connectivity index (χ1v) is 6.80. The van der Waals surface area contributed by atoms with Crippen molar-refractivity contribution in [3.63, 3.8) is 0 Å². The monoisotopic (exact) mass is 277 g/mol. The van der Waals surface area contributed by atoms with E-state index < -0.39 is 0 Å². The van der Waals surface area contributed by atoms with Crippen molar-refractivity contribution >= 4 is 17.5 Å². The molecule has 2 amide bonds. The fraction of sp³-hybridized carbons (Fsp3) is 0.467. The number of carbonyl (C=O) groups excluding carboxylic acids is 2. The van der Waals surface area contributed by atoms with Crippen LogP contribution in [0.5, 0.6) is 0 Å². The number of rotatable bonds is 5. The van der Waals surface area contributed by atoms with Gasteiger partial charge in [-0.15, -0.1) is 0 Å². The predicted octanol–water partition coefficient (Wildman–Crippen LogP) is 1.56. The van der Waals surface area contributed by atoms with E-state index in [-0.39, 0.29) is 24.4 Å². The van der Waals surface area contributed by atoms with Gasteiger partial charge >= 0.3 is 0 Å². The summed E-state index contributed by atoms with van der Waals surface area (Å²) in [6.45, 7) is 7.96. The van der Waals surface area contributed by atoms with E-state index in [1.807, 2.05) is 27.7 Å². The predicted molar refractivity (Wildman–Crippen MR) is 80.4 cm³/mol. The normalized spacial score (nSPS) is 10.4. The summed E-state index contributed by atoms with van der Waals surface area (Å²) in [5.74, 6) is -0.326. The average Bonchev–Trinajstić information content (AvgIpc) is 2.37. The fourth-order valence-corrected chi connectivity index (χ4v) is 1.92. The summed E-state index contributed by atoms with van der Waals surface area (Å²) in [6, 6.07) is 5.30. The third kappa shape index (κ3) is 3.98. The third-order valence-electron chi connectivity index (χ3n) is 3.06. The number of hydrogen-bond acceptors (Lipinski definition) is 3. The van der Waals surface area contributed by atoms with Crippen LogP contribution in [0.15, 0.2) is 18.2 Å². The van der Waals surface area contributed by atoms with E-state index in [0.717, 1.165) is 5.56 Å². The van der Waals surface area contributed by atoms with Crippen molar-refractivity contribution in [1.29, 1.82) is 0 Å². The first kappa shape index (κ1) is 16.0. The second-order valence-electron chi connectivity index (χ2n) is 5.06. The molecule has 0 saturated carbocycles. The molecule has 110 valence electrons. The summed E-state index contributed by atoms with van der Waals surface area (Å²) in [5, 5.41) is 2.78. The lowest BCUT2D eigenvalue weighted by atomic mass is 10.1. The van der Waals surface area contributed by atoms with E-state index in [4.69, 9.17) is 5.73 Å². The SMILES string of the molecule is CCN(CC(=O)NC(C)C)C(=O)c1cccc(N)c1C. The van der Waals surface area contributed by atoms with Gasteiger partial charge in [0.1, 0.15) is 0 Å². The number of carbonyl (C=O) groups is 2. The smallest absolute Gasteiger partial charge is 0.254 e. The summed E-state index contributed by atoms with van der Waals surface area (Å²) in [7, 11) is 0. The zero-order valence-electron chi connectivity index (χ0n) is 12.6. The van der Waals surface area contributed by atoms with E-state index in [2.05, 4.69) is 5.32 Å². The van der Waals surface area contributed by atoms with Crippen LogP contribution in [0.3, 0.4) is 0 Å². The maximum absolute atomic E-state index is 12.5. The van der Waals surface area contributed by atoms with Crippen LogP contribution in [-0.2, 0) is 4.79 Å². The van der Waals surface area contributed by atoms with Crippen LogP contribution in [0.1, 0.15) is 36.7 Å². The van der Waals surface area contributed by atoms with E-state index in [9.17, 15) is 9.59 Å². The van der Waals surface area contributed by atoms with Crippen LogP contribution >= 0.6 is 0 Å². The van der Waals surface area contributed by atoms with Crippen LogP contribution in [0.2, 0.25) is 0 Å². The van der Waals surface area contributed by atoms with Crippen molar-refractivity contribution in [1.82, 2.24) is 10.2 Å². The Labute approximate surface area is 120 Å². The van der Waals surface area contributed by atoms with E-state index in [0.29, 0.717) is 17.8 Å². The first-order valence-electron chi connectivity index (χ1n) is 6.80. The number of nitrogens with zero attached hydrogens (tertiary/aromatic N) is 1. The number of nitrogens with one attached hydrogen (secondary N) is 1. The van der Waals surface area contributed by atoms with Gasteiger partial charge in [0.15, 0.2) is 0 Å². The highest BCUT2D eigenvalue weighted by Crippen LogP contribution is 2.17. The highest BCUT2D eigenvalue weighted by atomic mass is 16.2. The van der Waals surface area contributed by atoms with Gasteiger partial charge in [0.25, 0.3) is 5.91 Å². The summed E-state index contributed by atoms with van der Waals surface area (Å²) in [6.07, 6.45) is 0. The van der Waals surface area contributed by atoms with Crippen molar-refractivity contribution in [3.8, 4) is 0 Å². The molecule has 0 aliphatic rings. The fourth-order valence-electron chi connectivity index (χ4n) is 1.92. The zero-order valence-corrected chi connectivity index (χ0v) is 12.6. The quantitative estimate of drug-likeness (QED) is 0.802. The minimum Gasteiger partial charge on any atom is -0.398 e. The van der Waals surface area contributed by atoms with E-state index >= 15 is 0 Å². The van der Waals surface area contributed by atoms with Crippen molar-refractivity contribution in [2.45, 2.75) is 33.7 Å². The van der Waals surface area contributed by atoms with Crippen molar-refractivity contribution in [2.24, 2.45) is 0 Å². The standard InChI is InChI=1S/C15H23N3O2/c1-5-18(9-14(19)17-10(2)3)15(20)12-7-6-8-13(16)11(12)4/h6-8,10H,5,9,16H2,1-4H3,(H,17,19). The van der Waals surface area contributed by atoms with Gasteiger partial charge in [-0.1, -0.05) is 6.07 Å². The lowest BCUT2D eigenvalue weighted by Crippen LogP contribution is -2.42. The molecule has 0 saturated heterocycles. The van der Waals surface area contributed by atoms with Gasteiger partial charge in [-0.2, -0.15) is 0 Å². The highest BCUT2D eigenvalue weighted by Gasteiger charge is 2.19. The second kappa shape index (κ2) is 6.93. The van der Waals surface area contributed by atoms with Gasteiger partial charge in [0.05, 0.1) is 6.54 Å². The molecule has 5 heteroatoms. The molecule has 0 heterocycles. The molecule has 1 aromatic rings. The van der Waals surface area contributed by atoms with Gasteiger partial charge in [0, 0.05) is 23.8 Å². The molecule has 0 fully saturated rings. The maximum atomic E-state index is 12.5. The summed E-state index contributed by atoms with van der Waals surface area (Å²) >= 11 is 0. The summed E-state index contributed by atoms with van der Waals surface area (Å²) in [5.41, 5.74) is 7.69. The summed E-state index contributed by atoms with van der Waals surface area (Å²) in [4.78, 5) is 25.8. The molecule has 20 heavy (non-hydrogen) atoms. The molecule has 3 N–H and O–H groups in total. The Hall–Kier alpha value is -2.04. The van der Waals surface area contributed by atoms with Crippen LogP contribution < -0.4 is 11.1 Å². The Morgan fingerprint density at radius 3 is 2.55 bits per heavy atom. The molecule has 0 aliphatic heterocycles. The molecule has 0 radical (unpaired) electrons. The molecule has 0 aliphatic carbocycles. The molecule has 1 aromatic carbocycles. The first-order chi connectivity index (χ1) is 9.36. The Morgan fingerprint density at radius 1 is 1.35 bits per heavy atom. The van der Waals surface area contributed by atoms with E-state index in [1.165, 1.54) is 4.90 Å². The van der Waals surface area contributed by atoms with Crippen LogP contribution in [-0.4, -0.2) is 35.8 Å². The molecule has 0 aromatic heterocycles. The average molecular weight is 277 g/mol. The lowest BCUT2D eigenvalue weighted by molar-refractivity contribution is -0.122. The Bertz CT molecular complexity index is 498. The topological polar surface area (TPSA) is 75.4 Å². The van der Waals surface area contributed by atoms with Crippen LogP contribution in [0.4, 0.5) is 5.69 Å². The van der Waals surface area contributed by atoms with Crippen molar-refractivity contribution in [3.05, 3.63) is 29.3 Å². The molecule has 1 rings (SSSR count). The lowest BCUT2D eigenvalue weighted by Gasteiger charge is -2.22. The molecule has 0 spiro atoms. The minimum atomic E-state index is -0.170. The number of likely N-dealkylation sites (N-methyl/N-ethyl adjacent to an activating group) is 1. The van der Waals surface area contributed by atoms with Gasteiger partial charge in [-0.3, -0.25) is 9.59 Å². The number of hydrogen-bond donors (Lipinski definition) is 2. The summed E-state index contributed by atoms with van der Waals surface area (Å²) < 4.78 is 0. The van der Waals surface area contributed by atoms with Gasteiger partial charge in [-0.25, -0.2) is 0 Å². The van der Waals surface area contributed by atoms with Crippen molar-refractivity contribution in [2.75, 3.05) is 18.8 Å². The maximum Gasteiger partial charge on any atom is 0.254 e. The number of nitrogen functional groups attached to an aromatic ring is 1. The number of benzene rings is 1. The number of nitrogens with two attached hydrogens (primary N) is 1. The molecule has 0 atom stereocenters. The molecule has 0 unspecified atom stereocenters. The number of anilines is 1. The highest BCUT2D eigenvalue weighted by molar-refractivity contribution is 5.98. The zero-order chi connectivity index (χ0) is 15.3. The van der Waals surface area contributed by atoms with Gasteiger partial charge < -0.3 is 16.0 Å².